The summed E-state index contributed by atoms with van der Waals surface area (Å²) in [4.78, 5) is 8.72. The standard InChI is InChI=1S/C33H23N3/c1-22-35-30-12-6-7-13-31(30)36(22)33-28-10-4-2-8-26(28)32(27-9-3-5-11-29(27)33)25-16-14-23(15-17-25)24-18-20-34-21-19-24/h2-21H,1H3/i1D3. The van der Waals surface area contributed by atoms with Crippen LogP contribution in [0.3, 0.4) is 0 Å². The number of hydrogen-bond acceptors (Lipinski definition) is 2. The van der Waals surface area contributed by atoms with E-state index in [9.17, 15) is 0 Å². The zero-order valence-electron chi connectivity index (χ0n) is 22.4. The van der Waals surface area contributed by atoms with Gasteiger partial charge in [-0.05, 0) is 64.1 Å². The summed E-state index contributed by atoms with van der Waals surface area (Å²) < 4.78 is 26.8. The van der Waals surface area contributed by atoms with Crippen molar-refractivity contribution >= 4 is 32.6 Å². The summed E-state index contributed by atoms with van der Waals surface area (Å²) in [6.07, 6.45) is 3.60. The molecule has 0 bridgehead atoms. The van der Waals surface area contributed by atoms with E-state index >= 15 is 0 Å². The number of para-hydroxylation sites is 2. The summed E-state index contributed by atoms with van der Waals surface area (Å²) in [7, 11) is 0. The van der Waals surface area contributed by atoms with Gasteiger partial charge in [0, 0.05) is 27.3 Å². The van der Waals surface area contributed by atoms with Crippen LogP contribution in [-0.4, -0.2) is 14.5 Å². The number of hydrogen-bond donors (Lipinski definition) is 0. The third kappa shape index (κ3) is 3.14. The van der Waals surface area contributed by atoms with Crippen LogP contribution < -0.4 is 0 Å². The largest absolute Gasteiger partial charge is 0.295 e. The number of rotatable bonds is 3. The number of aromatic nitrogens is 3. The zero-order chi connectivity index (χ0) is 26.6. The van der Waals surface area contributed by atoms with Crippen LogP contribution in [0.25, 0.3) is 60.5 Å². The highest BCUT2D eigenvalue weighted by atomic mass is 15.1. The first kappa shape index (κ1) is 17.6. The van der Waals surface area contributed by atoms with Gasteiger partial charge in [-0.2, -0.15) is 0 Å². The molecule has 0 N–H and O–H groups in total. The second kappa shape index (κ2) is 8.17. The Morgan fingerprint density at radius 3 is 1.81 bits per heavy atom. The van der Waals surface area contributed by atoms with Gasteiger partial charge in [0.15, 0.2) is 0 Å². The van der Waals surface area contributed by atoms with Gasteiger partial charge in [-0.15, -0.1) is 0 Å². The van der Waals surface area contributed by atoms with E-state index in [0.29, 0.717) is 5.52 Å². The number of benzene rings is 5. The summed E-state index contributed by atoms with van der Waals surface area (Å²) in [5.74, 6) is 0.0634. The van der Waals surface area contributed by atoms with Gasteiger partial charge in [-0.25, -0.2) is 4.98 Å². The molecule has 7 rings (SSSR count). The maximum Gasteiger partial charge on any atom is 0.111 e. The molecule has 0 fully saturated rings. The highest BCUT2D eigenvalue weighted by Crippen LogP contribution is 2.42. The monoisotopic (exact) mass is 464 g/mol. The van der Waals surface area contributed by atoms with Crippen molar-refractivity contribution < 1.29 is 4.11 Å². The molecule has 0 aliphatic rings. The Morgan fingerprint density at radius 1 is 0.583 bits per heavy atom. The van der Waals surface area contributed by atoms with Gasteiger partial charge >= 0.3 is 0 Å². The third-order valence-electron chi connectivity index (χ3n) is 6.87. The van der Waals surface area contributed by atoms with E-state index < -0.39 is 6.85 Å². The van der Waals surface area contributed by atoms with Gasteiger partial charge in [0.25, 0.3) is 0 Å². The predicted octanol–water partition coefficient (Wildman–Crippen LogP) is 8.37. The lowest BCUT2D eigenvalue weighted by Crippen LogP contribution is -2.01. The summed E-state index contributed by atoms with van der Waals surface area (Å²) in [5.41, 5.74) is 6.72. The lowest BCUT2D eigenvalue weighted by molar-refractivity contribution is 1.02. The van der Waals surface area contributed by atoms with E-state index in [1.807, 2.05) is 65.2 Å². The minimum atomic E-state index is -2.39. The Hall–Kier alpha value is -4.76. The molecule has 36 heavy (non-hydrogen) atoms. The van der Waals surface area contributed by atoms with E-state index in [1.165, 1.54) is 0 Å². The maximum atomic E-state index is 8.33. The zero-order valence-corrected chi connectivity index (χ0v) is 19.4. The minimum Gasteiger partial charge on any atom is -0.295 e. The summed E-state index contributed by atoms with van der Waals surface area (Å²) in [6.45, 7) is -2.39. The van der Waals surface area contributed by atoms with Gasteiger partial charge < -0.3 is 0 Å². The van der Waals surface area contributed by atoms with Gasteiger partial charge in [-0.3, -0.25) is 9.55 Å². The number of pyridine rings is 1. The molecule has 170 valence electrons. The van der Waals surface area contributed by atoms with Crippen molar-refractivity contribution in [1.29, 1.82) is 0 Å². The molecule has 5 aromatic carbocycles. The van der Waals surface area contributed by atoms with Crippen molar-refractivity contribution in [2.75, 3.05) is 0 Å². The summed E-state index contributed by atoms with van der Waals surface area (Å²) in [6, 6.07) is 36.7. The van der Waals surface area contributed by atoms with Gasteiger partial charge in [-0.1, -0.05) is 84.9 Å². The lowest BCUT2D eigenvalue weighted by Gasteiger charge is -2.19. The average molecular weight is 465 g/mol. The second-order valence-corrected chi connectivity index (χ2v) is 8.89. The predicted molar refractivity (Wildman–Crippen MR) is 149 cm³/mol. The molecule has 0 saturated carbocycles. The second-order valence-electron chi connectivity index (χ2n) is 8.89. The van der Waals surface area contributed by atoms with Crippen LogP contribution in [0, 0.1) is 6.85 Å². The van der Waals surface area contributed by atoms with E-state index in [1.54, 1.807) is 12.4 Å². The quantitative estimate of drug-likeness (QED) is 0.246. The van der Waals surface area contributed by atoms with Crippen molar-refractivity contribution in [3.63, 3.8) is 0 Å². The molecule has 0 unspecified atom stereocenters. The Labute approximate surface area is 213 Å². The van der Waals surface area contributed by atoms with Crippen LogP contribution in [0.4, 0.5) is 0 Å². The Morgan fingerprint density at radius 2 is 1.14 bits per heavy atom. The van der Waals surface area contributed by atoms with Crippen LogP contribution in [0.15, 0.2) is 122 Å². The SMILES string of the molecule is [2H]C([2H])([2H])c1nc2ccccc2n1-c1c2ccccc2c(-c2ccc(-c3ccncc3)cc2)c2ccccc12. The Kier molecular flexibility index (Phi) is 4.01. The molecular weight excluding hydrogens is 438 g/mol. The molecule has 0 radical (unpaired) electrons. The molecule has 0 amide bonds. The maximum absolute atomic E-state index is 8.33. The molecule has 7 aromatic rings. The fourth-order valence-electron chi connectivity index (χ4n) is 5.28. The molecule has 3 nitrogen and oxygen atoms in total. The Bertz CT molecular complexity index is 1930. The minimum absolute atomic E-state index is 0.0634. The number of aryl methyl sites for hydroxylation is 1. The molecule has 0 atom stereocenters. The van der Waals surface area contributed by atoms with Crippen molar-refractivity contribution in [1.82, 2.24) is 14.5 Å². The fraction of sp³-hybridized carbons (Fsp3) is 0.0303. The van der Waals surface area contributed by atoms with E-state index in [2.05, 4.69) is 58.5 Å². The average Bonchev–Trinajstić information content (AvgIpc) is 3.36. The first-order chi connectivity index (χ1) is 19.0. The van der Waals surface area contributed by atoms with Crippen LogP contribution in [0.1, 0.15) is 9.94 Å². The number of nitrogens with zero attached hydrogens (tertiary/aromatic N) is 3. The van der Waals surface area contributed by atoms with Crippen LogP contribution in [0.5, 0.6) is 0 Å². The van der Waals surface area contributed by atoms with E-state index in [-0.39, 0.29) is 5.82 Å². The lowest BCUT2D eigenvalue weighted by atomic mass is 9.89. The highest BCUT2D eigenvalue weighted by Gasteiger charge is 2.19. The smallest absolute Gasteiger partial charge is 0.111 e. The van der Waals surface area contributed by atoms with Crippen molar-refractivity contribution in [2.45, 2.75) is 6.85 Å². The van der Waals surface area contributed by atoms with E-state index in [4.69, 9.17) is 4.11 Å². The highest BCUT2D eigenvalue weighted by molar-refractivity contribution is 6.18. The van der Waals surface area contributed by atoms with Gasteiger partial charge in [0.1, 0.15) is 5.82 Å². The normalized spacial score (nSPS) is 13.1. The van der Waals surface area contributed by atoms with Crippen molar-refractivity contribution in [3.8, 4) is 27.9 Å². The van der Waals surface area contributed by atoms with Crippen molar-refractivity contribution in [3.05, 3.63) is 127 Å². The van der Waals surface area contributed by atoms with Gasteiger partial charge in [0.2, 0.25) is 0 Å². The fourth-order valence-corrected chi connectivity index (χ4v) is 5.28. The number of fused-ring (bicyclic) bond motifs is 3. The molecular formula is C33H23N3. The van der Waals surface area contributed by atoms with Crippen LogP contribution in [-0.2, 0) is 0 Å². The van der Waals surface area contributed by atoms with Gasteiger partial charge in [0.05, 0.1) is 16.7 Å². The molecule has 0 spiro atoms. The third-order valence-corrected chi connectivity index (χ3v) is 6.87. The first-order valence-corrected chi connectivity index (χ1v) is 11.9. The van der Waals surface area contributed by atoms with Crippen LogP contribution >= 0.6 is 0 Å². The molecule has 2 heterocycles. The molecule has 3 heteroatoms. The molecule has 2 aromatic heterocycles. The summed E-state index contributed by atoms with van der Waals surface area (Å²) >= 11 is 0. The number of imidazole rings is 1. The Balaban J connectivity index is 1.57. The van der Waals surface area contributed by atoms with E-state index in [0.717, 1.165) is 55.0 Å². The molecule has 0 aliphatic carbocycles. The summed E-state index contributed by atoms with van der Waals surface area (Å²) in [5, 5.41) is 4.05. The van der Waals surface area contributed by atoms with Crippen molar-refractivity contribution in [2.24, 2.45) is 0 Å². The topological polar surface area (TPSA) is 30.7 Å². The first-order valence-electron chi connectivity index (χ1n) is 13.4. The molecule has 0 aliphatic heterocycles. The van der Waals surface area contributed by atoms with Crippen LogP contribution in [0.2, 0.25) is 0 Å². The molecule has 0 saturated heterocycles.